The van der Waals surface area contributed by atoms with Crippen LogP contribution in [0.2, 0.25) is 0 Å². The van der Waals surface area contributed by atoms with E-state index in [0.29, 0.717) is 36.9 Å². The number of hydrogen-bond acceptors (Lipinski definition) is 4. The van der Waals surface area contributed by atoms with E-state index >= 15 is 0 Å². The molecule has 27 heavy (non-hydrogen) atoms. The number of carbonyl (C=O) groups is 1. The predicted molar refractivity (Wildman–Crippen MR) is 103 cm³/mol. The van der Waals surface area contributed by atoms with Gasteiger partial charge in [-0.25, -0.2) is 9.87 Å². The molecule has 2 atom stereocenters. The second-order valence-electron chi connectivity index (χ2n) is 9.17. The Morgan fingerprint density at radius 1 is 1.33 bits per heavy atom. The Kier molecular flexibility index (Phi) is 4.99. The molecule has 4 rings (SSSR count). The Balaban J connectivity index is 0.00000150. The highest BCUT2D eigenvalue weighted by molar-refractivity contribution is 5.93. The number of amides is 1. The summed E-state index contributed by atoms with van der Waals surface area (Å²) >= 11 is 0. The number of fused-ring (bicyclic) bond motifs is 3. The van der Waals surface area contributed by atoms with E-state index in [0.717, 1.165) is 30.9 Å². The summed E-state index contributed by atoms with van der Waals surface area (Å²) in [5.74, 6) is 0.879. The summed E-state index contributed by atoms with van der Waals surface area (Å²) in [7, 11) is 0. The molecule has 5 nitrogen and oxygen atoms in total. The van der Waals surface area contributed by atoms with E-state index in [9.17, 15) is 14.3 Å². The molecule has 1 amide bonds. The predicted octanol–water partition coefficient (Wildman–Crippen LogP) is 3.37. The number of β-amino-alcohol motifs (C(OH)–C–C–N with tert-alkyl or cyclic N) is 1. The fraction of sp³-hybridized carbons (Fsp3) is 0.667. The van der Waals surface area contributed by atoms with Crippen molar-refractivity contribution >= 4 is 5.91 Å². The standard InChI is InChI=1S/C21H29FN2O3.2H2/c1-13-4-14-6-15(5-13)10-21(26,9-14)12-24-3-2-16-7-17(20(25)23-27)8-19(22)18(16)11-24;;/h7-8,13-15,26-27H,2-6,9-12H2,1H3,(H,23,25);2*1H. The molecule has 1 heterocycles. The van der Waals surface area contributed by atoms with E-state index in [2.05, 4.69) is 11.8 Å². The Bertz CT molecular complexity index is 731. The van der Waals surface area contributed by atoms with Gasteiger partial charge >= 0.3 is 0 Å². The third-order valence-electron chi connectivity index (χ3n) is 6.72. The van der Waals surface area contributed by atoms with Crippen LogP contribution in [-0.4, -0.2) is 39.8 Å². The van der Waals surface area contributed by atoms with Gasteiger partial charge in [0.2, 0.25) is 0 Å². The molecule has 3 N–H and O–H groups in total. The van der Waals surface area contributed by atoms with Gasteiger partial charge in [-0.1, -0.05) is 6.92 Å². The van der Waals surface area contributed by atoms with Crippen LogP contribution in [0, 0.1) is 23.6 Å². The van der Waals surface area contributed by atoms with Crippen molar-refractivity contribution in [2.45, 2.75) is 57.6 Å². The third-order valence-corrected chi connectivity index (χ3v) is 6.72. The van der Waals surface area contributed by atoms with Gasteiger partial charge in [-0.15, -0.1) is 0 Å². The van der Waals surface area contributed by atoms with E-state index in [1.807, 2.05) is 0 Å². The van der Waals surface area contributed by atoms with Crippen LogP contribution in [0.1, 0.15) is 63.4 Å². The Labute approximate surface area is 162 Å². The van der Waals surface area contributed by atoms with Gasteiger partial charge in [0.15, 0.2) is 0 Å². The number of halogens is 1. The van der Waals surface area contributed by atoms with Crippen molar-refractivity contribution in [3.8, 4) is 0 Å². The first-order valence-corrected chi connectivity index (χ1v) is 10.1. The monoisotopic (exact) mass is 380 g/mol. The van der Waals surface area contributed by atoms with E-state index in [1.54, 1.807) is 11.5 Å². The molecule has 1 aromatic rings. The molecule has 0 radical (unpaired) electrons. The van der Waals surface area contributed by atoms with E-state index < -0.39 is 17.3 Å². The first kappa shape index (κ1) is 18.8. The quantitative estimate of drug-likeness (QED) is 0.555. The number of hydrogen-bond donors (Lipinski definition) is 3. The van der Waals surface area contributed by atoms with Crippen LogP contribution in [0.4, 0.5) is 4.39 Å². The average Bonchev–Trinajstić information content (AvgIpc) is 2.59. The maximum absolute atomic E-state index is 14.6. The first-order valence-electron chi connectivity index (χ1n) is 10.1. The molecule has 1 aromatic carbocycles. The lowest BCUT2D eigenvalue weighted by Gasteiger charge is -2.48. The van der Waals surface area contributed by atoms with Gasteiger partial charge in [-0.3, -0.25) is 14.9 Å². The Morgan fingerprint density at radius 2 is 2.04 bits per heavy atom. The number of hydroxylamine groups is 1. The molecule has 2 unspecified atom stereocenters. The molecule has 0 saturated heterocycles. The maximum atomic E-state index is 14.6. The zero-order valence-corrected chi connectivity index (χ0v) is 15.9. The molecule has 0 aromatic heterocycles. The van der Waals surface area contributed by atoms with Crippen molar-refractivity contribution in [1.82, 2.24) is 10.4 Å². The lowest BCUT2D eigenvalue weighted by molar-refractivity contribution is -0.0800. The SMILES string of the molecule is CC1CC2CC(C1)CC(O)(CN1CCc3cc(C(=O)NO)cc(F)c3C1)C2.[HH].[HH]. The first-order chi connectivity index (χ1) is 12.8. The largest absolute Gasteiger partial charge is 0.389 e. The lowest BCUT2D eigenvalue weighted by Crippen LogP contribution is -2.51. The topological polar surface area (TPSA) is 72.8 Å². The zero-order valence-electron chi connectivity index (χ0n) is 15.9. The summed E-state index contributed by atoms with van der Waals surface area (Å²) in [5.41, 5.74) is 2.43. The molecule has 2 bridgehead atoms. The summed E-state index contributed by atoms with van der Waals surface area (Å²) < 4.78 is 14.6. The van der Waals surface area contributed by atoms with Crippen LogP contribution in [-0.2, 0) is 13.0 Å². The van der Waals surface area contributed by atoms with Crippen LogP contribution in [0.3, 0.4) is 0 Å². The highest BCUT2D eigenvalue weighted by Crippen LogP contribution is 2.46. The number of carbonyl (C=O) groups excluding carboxylic acids is 1. The normalized spacial score (nSPS) is 33.4. The number of nitrogens with one attached hydrogen (secondary N) is 1. The second-order valence-corrected chi connectivity index (χ2v) is 9.17. The molecule has 2 fully saturated rings. The summed E-state index contributed by atoms with van der Waals surface area (Å²) in [6.45, 7) is 4.10. The van der Waals surface area contributed by atoms with Gasteiger partial charge in [0, 0.05) is 33.6 Å². The highest BCUT2D eigenvalue weighted by Gasteiger charge is 2.43. The Hall–Kier alpha value is -1.50. The maximum Gasteiger partial charge on any atom is 0.274 e. The van der Waals surface area contributed by atoms with Crippen molar-refractivity contribution in [2.24, 2.45) is 17.8 Å². The average molecular weight is 381 g/mol. The minimum Gasteiger partial charge on any atom is -0.389 e. The smallest absolute Gasteiger partial charge is 0.274 e. The molecule has 1 aliphatic heterocycles. The van der Waals surface area contributed by atoms with Crippen molar-refractivity contribution in [3.63, 3.8) is 0 Å². The molecule has 2 aliphatic carbocycles. The molecule has 2 saturated carbocycles. The Morgan fingerprint density at radius 3 is 2.70 bits per heavy atom. The van der Waals surface area contributed by atoms with Gasteiger partial charge in [0.05, 0.1) is 5.60 Å². The fourth-order valence-corrected chi connectivity index (χ4v) is 5.94. The van der Waals surface area contributed by atoms with Crippen LogP contribution < -0.4 is 5.48 Å². The van der Waals surface area contributed by atoms with Gasteiger partial charge in [0.1, 0.15) is 5.82 Å². The van der Waals surface area contributed by atoms with E-state index in [-0.39, 0.29) is 8.42 Å². The van der Waals surface area contributed by atoms with Crippen molar-refractivity contribution in [1.29, 1.82) is 0 Å². The molecular weight excluding hydrogens is 347 g/mol. The fourth-order valence-electron chi connectivity index (χ4n) is 5.94. The molecule has 0 spiro atoms. The van der Waals surface area contributed by atoms with Crippen molar-refractivity contribution in [3.05, 3.63) is 34.6 Å². The third kappa shape index (κ3) is 3.89. The molecule has 152 valence electrons. The van der Waals surface area contributed by atoms with Crippen LogP contribution in [0.15, 0.2) is 12.1 Å². The summed E-state index contributed by atoms with van der Waals surface area (Å²) in [5, 5.41) is 20.0. The number of nitrogens with zero attached hydrogens (tertiary/aromatic N) is 1. The van der Waals surface area contributed by atoms with Gasteiger partial charge in [0.25, 0.3) is 5.91 Å². The molecule has 3 aliphatic rings. The number of benzene rings is 1. The van der Waals surface area contributed by atoms with Crippen LogP contribution in [0.25, 0.3) is 0 Å². The molecular formula is C21H33FN2O3. The van der Waals surface area contributed by atoms with Crippen LogP contribution in [0.5, 0.6) is 0 Å². The molecule has 6 heteroatoms. The zero-order chi connectivity index (χ0) is 19.2. The van der Waals surface area contributed by atoms with Crippen LogP contribution >= 0.6 is 0 Å². The summed E-state index contributed by atoms with van der Waals surface area (Å²) in [6.07, 6.45) is 6.03. The van der Waals surface area contributed by atoms with Gasteiger partial charge < -0.3 is 5.11 Å². The lowest BCUT2D eigenvalue weighted by atomic mass is 9.63. The highest BCUT2D eigenvalue weighted by atomic mass is 19.1. The van der Waals surface area contributed by atoms with E-state index in [4.69, 9.17) is 5.21 Å². The van der Waals surface area contributed by atoms with Crippen molar-refractivity contribution in [2.75, 3.05) is 13.1 Å². The van der Waals surface area contributed by atoms with Gasteiger partial charge in [-0.2, -0.15) is 0 Å². The summed E-state index contributed by atoms with van der Waals surface area (Å²) in [6, 6.07) is 2.83. The minimum absolute atomic E-state index is 0. The second kappa shape index (κ2) is 7.15. The minimum atomic E-state index is -0.698. The summed E-state index contributed by atoms with van der Waals surface area (Å²) in [4.78, 5) is 13.7. The van der Waals surface area contributed by atoms with Gasteiger partial charge in [-0.05, 0) is 74.0 Å². The number of rotatable bonds is 3. The van der Waals surface area contributed by atoms with Crippen molar-refractivity contribution < 1.29 is 22.4 Å². The number of aliphatic hydroxyl groups is 1. The van der Waals surface area contributed by atoms with E-state index in [1.165, 1.54) is 25.3 Å².